The van der Waals surface area contributed by atoms with Crippen molar-refractivity contribution in [2.45, 2.75) is 24.0 Å². The summed E-state index contributed by atoms with van der Waals surface area (Å²) >= 11 is 5.60. The number of nitrogens with zero attached hydrogens (tertiary/aromatic N) is 2. The molecule has 0 saturated heterocycles. The second kappa shape index (κ2) is 8.21. The van der Waals surface area contributed by atoms with Gasteiger partial charge in [-0.05, 0) is 19.1 Å². The smallest absolute Gasteiger partial charge is 0.343 e. The Kier molecular flexibility index (Phi) is 6.45. The molecule has 0 spiro atoms. The Hall–Kier alpha value is -2.69. The van der Waals surface area contributed by atoms with E-state index in [1.165, 1.54) is 10.8 Å². The van der Waals surface area contributed by atoms with Gasteiger partial charge in [0.15, 0.2) is 11.6 Å². The van der Waals surface area contributed by atoms with E-state index in [-0.39, 0.29) is 5.69 Å². The number of nitriles is 1. The van der Waals surface area contributed by atoms with Crippen LogP contribution in [0.2, 0.25) is 5.02 Å². The molecule has 162 valence electrons. The Morgan fingerprint density at radius 2 is 1.87 bits per heavy atom. The summed E-state index contributed by atoms with van der Waals surface area (Å²) in [4.78, 5) is 11.2. The second-order valence-electron chi connectivity index (χ2n) is 6.04. The van der Waals surface area contributed by atoms with Gasteiger partial charge in [-0.15, -0.1) is 0 Å². The van der Waals surface area contributed by atoms with Crippen LogP contribution in [0.5, 0.6) is 0 Å². The van der Waals surface area contributed by atoms with Crippen molar-refractivity contribution in [2.24, 2.45) is 7.05 Å². The van der Waals surface area contributed by atoms with Crippen molar-refractivity contribution in [3.63, 3.8) is 0 Å². The first kappa shape index (κ1) is 23.6. The van der Waals surface area contributed by atoms with E-state index in [4.69, 9.17) is 16.9 Å². The SMILES string of the molecule is CC(NS(=O)(=O)c1cn(C)c(C(=O)Nc2cc(Cl)c(F)c(C#N)c2)c1F)C(F)(F)F. The molecule has 1 atom stereocenters. The molecule has 0 bridgehead atoms. The highest BCUT2D eigenvalue weighted by molar-refractivity contribution is 7.89. The van der Waals surface area contributed by atoms with E-state index in [0.717, 1.165) is 23.7 Å². The zero-order valence-electron chi connectivity index (χ0n) is 15.1. The zero-order valence-corrected chi connectivity index (χ0v) is 16.7. The van der Waals surface area contributed by atoms with Gasteiger partial charge in [-0.1, -0.05) is 11.6 Å². The van der Waals surface area contributed by atoms with Crippen molar-refractivity contribution in [1.82, 2.24) is 9.29 Å². The molecule has 0 fully saturated rings. The van der Waals surface area contributed by atoms with E-state index in [9.17, 15) is 35.2 Å². The Morgan fingerprint density at radius 1 is 1.27 bits per heavy atom. The van der Waals surface area contributed by atoms with Gasteiger partial charge >= 0.3 is 6.18 Å². The molecule has 2 N–H and O–H groups in total. The van der Waals surface area contributed by atoms with Crippen LogP contribution in [-0.2, 0) is 17.1 Å². The zero-order chi connectivity index (χ0) is 23.0. The number of amides is 1. The van der Waals surface area contributed by atoms with E-state index in [2.05, 4.69) is 5.32 Å². The normalized spacial score (nSPS) is 13.0. The summed E-state index contributed by atoms with van der Waals surface area (Å²) in [5, 5.41) is 10.5. The monoisotopic (exact) mass is 470 g/mol. The maximum Gasteiger partial charge on any atom is 0.404 e. The van der Waals surface area contributed by atoms with Crippen LogP contribution >= 0.6 is 11.6 Å². The van der Waals surface area contributed by atoms with Crippen molar-refractivity contribution < 1.29 is 35.2 Å². The lowest BCUT2D eigenvalue weighted by Crippen LogP contribution is -2.43. The van der Waals surface area contributed by atoms with Crippen molar-refractivity contribution in [3.8, 4) is 6.07 Å². The van der Waals surface area contributed by atoms with Crippen LogP contribution in [0.1, 0.15) is 23.0 Å². The van der Waals surface area contributed by atoms with E-state index < -0.39 is 61.0 Å². The summed E-state index contributed by atoms with van der Waals surface area (Å²) < 4.78 is 92.4. The highest BCUT2D eigenvalue weighted by Gasteiger charge is 2.40. The molecule has 1 aromatic carbocycles. The number of aromatic nitrogens is 1. The van der Waals surface area contributed by atoms with Crippen LogP contribution < -0.4 is 10.0 Å². The average Bonchev–Trinajstić information content (AvgIpc) is 2.92. The summed E-state index contributed by atoms with van der Waals surface area (Å²) in [6, 6.07) is 0.826. The van der Waals surface area contributed by atoms with Gasteiger partial charge in [-0.25, -0.2) is 17.2 Å². The third-order valence-electron chi connectivity index (χ3n) is 3.82. The van der Waals surface area contributed by atoms with Crippen LogP contribution in [-0.4, -0.2) is 31.1 Å². The maximum atomic E-state index is 14.7. The Labute approximate surface area is 172 Å². The second-order valence-corrected chi connectivity index (χ2v) is 8.13. The molecule has 0 aliphatic heterocycles. The lowest BCUT2D eigenvalue weighted by atomic mass is 10.2. The Bertz CT molecular complexity index is 1160. The van der Waals surface area contributed by atoms with Crippen molar-refractivity contribution in [2.75, 3.05) is 5.32 Å². The van der Waals surface area contributed by atoms with Crippen molar-refractivity contribution in [3.05, 3.63) is 46.2 Å². The van der Waals surface area contributed by atoms with Crippen LogP contribution in [0, 0.1) is 23.0 Å². The standard InChI is InChI=1S/C16H12ClF5N4O3S/c1-7(16(20,21)22)25-30(28,29)11-6-26(2)14(13(11)19)15(27)24-9-3-8(5-23)12(18)10(17)4-9/h3-4,6-7,25H,1-2H3,(H,24,27). The Balaban J connectivity index is 2.39. The minimum Gasteiger partial charge on any atom is -0.343 e. The number of carbonyl (C=O) groups excluding carboxylic acids is 1. The molecule has 0 aliphatic rings. The maximum absolute atomic E-state index is 14.7. The van der Waals surface area contributed by atoms with E-state index in [0.29, 0.717) is 13.1 Å². The van der Waals surface area contributed by atoms with Gasteiger partial charge in [-0.3, -0.25) is 4.79 Å². The van der Waals surface area contributed by atoms with Gasteiger partial charge in [0.2, 0.25) is 10.0 Å². The molecule has 30 heavy (non-hydrogen) atoms. The number of benzene rings is 1. The fraction of sp³-hybridized carbons (Fsp3) is 0.250. The lowest BCUT2D eigenvalue weighted by Gasteiger charge is -2.16. The third-order valence-corrected chi connectivity index (χ3v) is 5.62. The molecule has 7 nitrogen and oxygen atoms in total. The number of anilines is 1. The molecule has 14 heteroatoms. The van der Waals surface area contributed by atoms with Gasteiger partial charge in [0, 0.05) is 18.9 Å². The number of hydrogen-bond donors (Lipinski definition) is 2. The van der Waals surface area contributed by atoms with E-state index >= 15 is 0 Å². The average molecular weight is 471 g/mol. The molecular weight excluding hydrogens is 459 g/mol. The van der Waals surface area contributed by atoms with E-state index in [1.54, 1.807) is 0 Å². The van der Waals surface area contributed by atoms with E-state index in [1.807, 2.05) is 0 Å². The number of aryl methyl sites for hydroxylation is 1. The molecule has 2 aromatic rings. The molecule has 2 rings (SSSR count). The first-order chi connectivity index (χ1) is 13.7. The predicted molar refractivity (Wildman–Crippen MR) is 95.3 cm³/mol. The number of alkyl halides is 3. The van der Waals surface area contributed by atoms with Crippen LogP contribution in [0.25, 0.3) is 0 Å². The topological polar surface area (TPSA) is 104 Å². The van der Waals surface area contributed by atoms with Gasteiger partial charge in [0.05, 0.1) is 10.6 Å². The number of halogens is 6. The summed E-state index contributed by atoms with van der Waals surface area (Å²) in [6.45, 7) is 0.525. The number of rotatable bonds is 5. The molecule has 0 radical (unpaired) electrons. The van der Waals surface area contributed by atoms with Gasteiger partial charge in [0.25, 0.3) is 5.91 Å². The predicted octanol–water partition coefficient (Wildman–Crippen LogP) is 3.31. The first-order valence-corrected chi connectivity index (χ1v) is 9.69. The lowest BCUT2D eigenvalue weighted by molar-refractivity contribution is -0.147. The number of sulfonamides is 1. The summed E-state index contributed by atoms with van der Waals surface area (Å²) in [5.74, 6) is -3.86. The molecule has 1 heterocycles. The number of hydrogen-bond acceptors (Lipinski definition) is 4. The van der Waals surface area contributed by atoms with Crippen LogP contribution in [0.4, 0.5) is 27.6 Å². The summed E-state index contributed by atoms with van der Waals surface area (Å²) in [5.41, 5.74) is -1.55. The first-order valence-electron chi connectivity index (χ1n) is 7.83. The number of carbonyl (C=O) groups is 1. The third kappa shape index (κ3) is 4.72. The fourth-order valence-corrected chi connectivity index (χ4v) is 3.89. The molecule has 0 aliphatic carbocycles. The number of nitrogens with one attached hydrogen (secondary N) is 2. The molecular formula is C16H12ClF5N4O3S. The van der Waals surface area contributed by atoms with Crippen molar-refractivity contribution in [1.29, 1.82) is 5.26 Å². The quantitative estimate of drug-likeness (QED) is 0.654. The Morgan fingerprint density at radius 3 is 2.40 bits per heavy atom. The summed E-state index contributed by atoms with van der Waals surface area (Å²) in [7, 11) is -3.88. The highest BCUT2D eigenvalue weighted by atomic mass is 35.5. The fourth-order valence-electron chi connectivity index (χ4n) is 2.31. The highest BCUT2D eigenvalue weighted by Crippen LogP contribution is 2.27. The van der Waals surface area contributed by atoms with Gasteiger partial charge in [0.1, 0.15) is 22.7 Å². The molecule has 1 aromatic heterocycles. The summed E-state index contributed by atoms with van der Waals surface area (Å²) in [6.07, 6.45) is -4.30. The minimum absolute atomic E-state index is 0.197. The van der Waals surface area contributed by atoms with Gasteiger partial charge in [-0.2, -0.15) is 23.2 Å². The molecule has 0 saturated carbocycles. The minimum atomic E-state index is -4.96. The molecule has 1 unspecified atom stereocenters. The molecule has 1 amide bonds. The van der Waals surface area contributed by atoms with Crippen LogP contribution in [0.3, 0.4) is 0 Å². The van der Waals surface area contributed by atoms with Crippen molar-refractivity contribution >= 4 is 33.2 Å². The van der Waals surface area contributed by atoms with Gasteiger partial charge < -0.3 is 9.88 Å². The largest absolute Gasteiger partial charge is 0.404 e. The van der Waals surface area contributed by atoms with Crippen LogP contribution in [0.15, 0.2) is 23.2 Å².